The first kappa shape index (κ1) is 8.55. The van der Waals surface area contributed by atoms with Crippen LogP contribution in [0.1, 0.15) is 33.1 Å². The third-order valence-electron chi connectivity index (χ3n) is 1.49. The van der Waals surface area contributed by atoms with Gasteiger partial charge in [0.2, 0.25) is 0 Å². The van der Waals surface area contributed by atoms with E-state index in [1.54, 1.807) is 7.28 Å². The SMILES string of the molecule is CCCC([B]C#N)CC. The van der Waals surface area contributed by atoms with Gasteiger partial charge in [0.05, 0.1) is 0 Å². The molecule has 0 aliphatic carbocycles. The summed E-state index contributed by atoms with van der Waals surface area (Å²) >= 11 is 0. The Morgan fingerprint density at radius 2 is 2.22 bits per heavy atom. The Hall–Kier alpha value is -0.445. The van der Waals surface area contributed by atoms with Crippen molar-refractivity contribution < 1.29 is 0 Å². The highest BCUT2D eigenvalue weighted by molar-refractivity contribution is 6.46. The van der Waals surface area contributed by atoms with Gasteiger partial charge in [0.1, 0.15) is 0 Å². The topological polar surface area (TPSA) is 23.8 Å². The van der Waals surface area contributed by atoms with Crippen molar-refractivity contribution in [3.8, 4) is 5.97 Å². The summed E-state index contributed by atoms with van der Waals surface area (Å²) in [7, 11) is 1.74. The van der Waals surface area contributed by atoms with Crippen molar-refractivity contribution in [2.24, 2.45) is 0 Å². The Bertz CT molecular complexity index is 95.6. The first-order chi connectivity index (χ1) is 4.35. The molecule has 1 radical (unpaired) electrons. The first-order valence-corrected chi connectivity index (χ1v) is 3.58. The molecule has 0 aliphatic rings. The zero-order chi connectivity index (χ0) is 7.11. The molecule has 0 amide bonds. The van der Waals surface area contributed by atoms with Crippen LogP contribution in [0.2, 0.25) is 5.82 Å². The lowest BCUT2D eigenvalue weighted by Gasteiger charge is -2.05. The minimum absolute atomic E-state index is 0.528. The molecular formula is C7H13BN. The Labute approximate surface area is 58.3 Å². The van der Waals surface area contributed by atoms with E-state index in [4.69, 9.17) is 5.26 Å². The minimum Gasteiger partial charge on any atom is -0.213 e. The molecule has 0 saturated carbocycles. The number of hydrogen-bond donors (Lipinski definition) is 0. The van der Waals surface area contributed by atoms with Crippen molar-refractivity contribution in [1.29, 1.82) is 5.26 Å². The highest BCUT2D eigenvalue weighted by Crippen LogP contribution is 2.14. The lowest BCUT2D eigenvalue weighted by molar-refractivity contribution is 0.696. The molecule has 0 saturated heterocycles. The monoisotopic (exact) mass is 122 g/mol. The predicted octanol–water partition coefficient (Wildman–Crippen LogP) is 2.17. The normalized spacial score (nSPS) is 12.1. The second-order valence-electron chi connectivity index (χ2n) is 2.25. The van der Waals surface area contributed by atoms with E-state index in [-0.39, 0.29) is 0 Å². The molecule has 0 aromatic heterocycles. The molecule has 0 rings (SSSR count). The van der Waals surface area contributed by atoms with Crippen LogP contribution in [0.25, 0.3) is 0 Å². The third-order valence-corrected chi connectivity index (χ3v) is 1.49. The summed E-state index contributed by atoms with van der Waals surface area (Å²) in [5.41, 5.74) is 0. The van der Waals surface area contributed by atoms with Crippen molar-refractivity contribution in [3.63, 3.8) is 0 Å². The van der Waals surface area contributed by atoms with Crippen molar-refractivity contribution in [3.05, 3.63) is 0 Å². The van der Waals surface area contributed by atoms with E-state index in [0.717, 1.165) is 12.8 Å². The summed E-state index contributed by atoms with van der Waals surface area (Å²) in [5.74, 6) is 2.61. The van der Waals surface area contributed by atoms with Crippen LogP contribution >= 0.6 is 0 Å². The fourth-order valence-electron chi connectivity index (χ4n) is 0.882. The van der Waals surface area contributed by atoms with Gasteiger partial charge in [-0.25, -0.2) is 5.26 Å². The van der Waals surface area contributed by atoms with Crippen LogP contribution in [0.5, 0.6) is 0 Å². The highest BCUT2D eigenvalue weighted by Gasteiger charge is 2.04. The summed E-state index contributed by atoms with van der Waals surface area (Å²) in [6.45, 7) is 4.27. The molecule has 0 bridgehead atoms. The second-order valence-corrected chi connectivity index (χ2v) is 2.25. The molecule has 2 heteroatoms. The molecule has 0 N–H and O–H groups in total. The quantitative estimate of drug-likeness (QED) is 0.524. The van der Waals surface area contributed by atoms with Gasteiger partial charge in [0.15, 0.2) is 0 Å². The van der Waals surface area contributed by atoms with Gasteiger partial charge in [0, 0.05) is 0 Å². The van der Waals surface area contributed by atoms with Crippen molar-refractivity contribution in [1.82, 2.24) is 0 Å². The van der Waals surface area contributed by atoms with Gasteiger partial charge >= 0.3 is 0 Å². The van der Waals surface area contributed by atoms with Gasteiger partial charge in [-0.05, 0) is 5.97 Å². The molecule has 0 spiro atoms. The molecule has 0 aromatic carbocycles. The fourth-order valence-corrected chi connectivity index (χ4v) is 0.882. The maximum absolute atomic E-state index is 8.29. The average Bonchev–Trinajstić information content (AvgIpc) is 1.88. The molecule has 1 atom stereocenters. The van der Waals surface area contributed by atoms with Crippen LogP contribution in [0, 0.1) is 11.2 Å². The first-order valence-electron chi connectivity index (χ1n) is 3.58. The van der Waals surface area contributed by atoms with Gasteiger partial charge in [-0.15, -0.1) is 0 Å². The van der Waals surface area contributed by atoms with Crippen LogP contribution in [0.4, 0.5) is 0 Å². The molecule has 49 valence electrons. The van der Waals surface area contributed by atoms with E-state index in [0.29, 0.717) is 5.82 Å². The van der Waals surface area contributed by atoms with Gasteiger partial charge < -0.3 is 0 Å². The Balaban J connectivity index is 3.32. The van der Waals surface area contributed by atoms with Crippen molar-refractivity contribution in [2.45, 2.75) is 38.9 Å². The van der Waals surface area contributed by atoms with E-state index in [2.05, 4.69) is 19.8 Å². The molecular weight excluding hydrogens is 109 g/mol. The molecule has 9 heavy (non-hydrogen) atoms. The molecule has 1 nitrogen and oxygen atoms in total. The second kappa shape index (κ2) is 5.69. The molecule has 0 fully saturated rings. The number of rotatable bonds is 4. The Morgan fingerprint density at radius 3 is 2.56 bits per heavy atom. The van der Waals surface area contributed by atoms with E-state index in [1.807, 2.05) is 0 Å². The van der Waals surface area contributed by atoms with Gasteiger partial charge in [0.25, 0.3) is 7.28 Å². The van der Waals surface area contributed by atoms with Crippen LogP contribution in [-0.2, 0) is 0 Å². The largest absolute Gasteiger partial charge is 0.258 e. The zero-order valence-electron chi connectivity index (χ0n) is 6.22. The summed E-state index contributed by atoms with van der Waals surface area (Å²) < 4.78 is 0. The van der Waals surface area contributed by atoms with Crippen LogP contribution < -0.4 is 0 Å². The summed E-state index contributed by atoms with van der Waals surface area (Å²) in [4.78, 5) is 0. The molecule has 0 aromatic rings. The summed E-state index contributed by atoms with van der Waals surface area (Å²) in [6.07, 6.45) is 3.43. The van der Waals surface area contributed by atoms with E-state index < -0.39 is 0 Å². The smallest absolute Gasteiger partial charge is 0.213 e. The number of nitrogens with zero attached hydrogens (tertiary/aromatic N) is 1. The predicted molar refractivity (Wildman–Crippen MR) is 40.3 cm³/mol. The maximum Gasteiger partial charge on any atom is 0.258 e. The minimum atomic E-state index is 0.528. The molecule has 0 aliphatic heterocycles. The third kappa shape index (κ3) is 4.08. The fraction of sp³-hybridized carbons (Fsp3) is 0.857. The van der Waals surface area contributed by atoms with Gasteiger partial charge in [-0.1, -0.05) is 38.9 Å². The van der Waals surface area contributed by atoms with E-state index in [1.165, 1.54) is 6.42 Å². The van der Waals surface area contributed by atoms with Crippen molar-refractivity contribution in [2.75, 3.05) is 0 Å². The van der Waals surface area contributed by atoms with E-state index in [9.17, 15) is 0 Å². The summed E-state index contributed by atoms with van der Waals surface area (Å²) in [6, 6.07) is 0. The average molecular weight is 122 g/mol. The summed E-state index contributed by atoms with van der Waals surface area (Å²) in [5, 5.41) is 8.29. The molecule has 1 unspecified atom stereocenters. The number of nitriles is 1. The lowest BCUT2D eigenvalue weighted by Crippen LogP contribution is -1.99. The highest BCUT2D eigenvalue weighted by atomic mass is 14.2. The number of hydrogen-bond acceptors (Lipinski definition) is 1. The van der Waals surface area contributed by atoms with Crippen LogP contribution in [0.3, 0.4) is 0 Å². The lowest BCUT2D eigenvalue weighted by atomic mass is 9.63. The maximum atomic E-state index is 8.29. The van der Waals surface area contributed by atoms with Gasteiger partial charge in [-0.3, -0.25) is 0 Å². The van der Waals surface area contributed by atoms with Crippen LogP contribution in [0.15, 0.2) is 0 Å². The van der Waals surface area contributed by atoms with Crippen LogP contribution in [-0.4, -0.2) is 7.28 Å². The van der Waals surface area contributed by atoms with E-state index >= 15 is 0 Å². The zero-order valence-corrected chi connectivity index (χ0v) is 6.22. The van der Waals surface area contributed by atoms with Gasteiger partial charge in [-0.2, -0.15) is 0 Å². The Morgan fingerprint density at radius 1 is 1.56 bits per heavy atom. The standard InChI is InChI=1S/C7H13BN/c1-3-5-7(4-2)8-6-9/h7H,3-5H2,1-2H3. The Kier molecular flexibility index (Phi) is 5.41. The van der Waals surface area contributed by atoms with Crippen molar-refractivity contribution >= 4 is 7.28 Å². The molecule has 0 heterocycles.